The van der Waals surface area contributed by atoms with Gasteiger partial charge in [0.05, 0.1) is 0 Å². The molecule has 0 radical (unpaired) electrons. The smallest absolute Gasteiger partial charge is 0.132 e. The van der Waals surface area contributed by atoms with Crippen LogP contribution < -0.4 is 11.5 Å². The van der Waals surface area contributed by atoms with Gasteiger partial charge in [-0.1, -0.05) is 12.2 Å². The van der Waals surface area contributed by atoms with Crippen molar-refractivity contribution in [3.05, 3.63) is 29.3 Å². The van der Waals surface area contributed by atoms with Crippen molar-refractivity contribution in [1.29, 1.82) is 0 Å². The number of piperidine rings is 1. The first-order chi connectivity index (χ1) is 9.74. The molecule has 3 heterocycles. The standard InChI is InChI=1S/C15H20N4S/c16-12-4-2-7-19(10-12)6-1-3-11-9-18-15(17)13-5-8-20-14(11)13/h1,3,5,8-9,12H,2,4,6-7,10,16H2,(H2,17,18)/b3-1+. The quantitative estimate of drug-likeness (QED) is 0.909. The van der Waals surface area contributed by atoms with E-state index >= 15 is 0 Å². The molecule has 1 aliphatic rings. The summed E-state index contributed by atoms with van der Waals surface area (Å²) >= 11 is 1.71. The van der Waals surface area contributed by atoms with Crippen LogP contribution in [0.1, 0.15) is 18.4 Å². The number of nitrogen functional groups attached to an aromatic ring is 1. The van der Waals surface area contributed by atoms with Crippen molar-refractivity contribution in [1.82, 2.24) is 9.88 Å². The van der Waals surface area contributed by atoms with Gasteiger partial charge in [0.2, 0.25) is 0 Å². The van der Waals surface area contributed by atoms with Crippen molar-refractivity contribution < 1.29 is 0 Å². The molecule has 1 saturated heterocycles. The minimum Gasteiger partial charge on any atom is -0.383 e. The molecule has 0 bridgehead atoms. The van der Waals surface area contributed by atoms with Crippen LogP contribution in [-0.2, 0) is 0 Å². The molecule has 3 rings (SSSR count). The Hall–Kier alpha value is -1.43. The summed E-state index contributed by atoms with van der Waals surface area (Å²) in [5.74, 6) is 0.611. The second-order valence-corrected chi connectivity index (χ2v) is 6.24. The zero-order valence-electron chi connectivity index (χ0n) is 11.5. The Labute approximate surface area is 123 Å². The summed E-state index contributed by atoms with van der Waals surface area (Å²) in [4.78, 5) is 6.66. The first-order valence-electron chi connectivity index (χ1n) is 7.00. The van der Waals surface area contributed by atoms with E-state index in [2.05, 4.69) is 27.4 Å². The maximum absolute atomic E-state index is 6.00. The van der Waals surface area contributed by atoms with Crippen molar-refractivity contribution in [3.63, 3.8) is 0 Å². The van der Waals surface area contributed by atoms with Crippen LogP contribution in [0.5, 0.6) is 0 Å². The highest BCUT2D eigenvalue weighted by atomic mass is 32.1. The third-order valence-corrected chi connectivity index (χ3v) is 4.71. The number of aromatic nitrogens is 1. The molecule has 1 atom stereocenters. The van der Waals surface area contributed by atoms with Gasteiger partial charge in [-0.2, -0.15) is 0 Å². The van der Waals surface area contributed by atoms with Gasteiger partial charge in [-0.05, 0) is 30.8 Å². The van der Waals surface area contributed by atoms with Gasteiger partial charge < -0.3 is 11.5 Å². The van der Waals surface area contributed by atoms with E-state index in [-0.39, 0.29) is 0 Å². The molecule has 0 aliphatic carbocycles. The summed E-state index contributed by atoms with van der Waals surface area (Å²) in [5.41, 5.74) is 13.0. The van der Waals surface area contributed by atoms with Crippen molar-refractivity contribution in [2.45, 2.75) is 18.9 Å². The Morgan fingerprint density at radius 2 is 2.40 bits per heavy atom. The van der Waals surface area contributed by atoms with Crippen LogP contribution in [0.25, 0.3) is 16.2 Å². The van der Waals surface area contributed by atoms with E-state index in [0.717, 1.165) is 37.0 Å². The second kappa shape index (κ2) is 5.91. The van der Waals surface area contributed by atoms with Gasteiger partial charge in [0.1, 0.15) is 5.82 Å². The van der Waals surface area contributed by atoms with Crippen LogP contribution in [0.3, 0.4) is 0 Å². The molecule has 0 saturated carbocycles. The van der Waals surface area contributed by atoms with Gasteiger partial charge >= 0.3 is 0 Å². The normalized spacial score (nSPS) is 20.9. The third-order valence-electron chi connectivity index (χ3n) is 3.75. The number of rotatable bonds is 3. The lowest BCUT2D eigenvalue weighted by atomic mass is 10.1. The molecule has 0 aromatic carbocycles. The number of hydrogen-bond acceptors (Lipinski definition) is 5. The summed E-state index contributed by atoms with van der Waals surface area (Å²) in [7, 11) is 0. The van der Waals surface area contributed by atoms with E-state index < -0.39 is 0 Å². The van der Waals surface area contributed by atoms with E-state index in [9.17, 15) is 0 Å². The monoisotopic (exact) mass is 288 g/mol. The number of nitrogens with zero attached hydrogens (tertiary/aromatic N) is 2. The van der Waals surface area contributed by atoms with Crippen LogP contribution in [0.2, 0.25) is 0 Å². The van der Waals surface area contributed by atoms with Crippen molar-refractivity contribution >= 4 is 33.3 Å². The molecule has 4 nitrogen and oxygen atoms in total. The number of nitrogens with two attached hydrogens (primary N) is 2. The van der Waals surface area contributed by atoms with Gasteiger partial charge in [0.15, 0.2) is 0 Å². The minimum absolute atomic E-state index is 0.333. The first kappa shape index (κ1) is 13.5. The second-order valence-electron chi connectivity index (χ2n) is 5.33. The van der Waals surface area contributed by atoms with Crippen LogP contribution in [0.4, 0.5) is 5.82 Å². The van der Waals surface area contributed by atoms with Crippen LogP contribution in [-0.4, -0.2) is 35.6 Å². The van der Waals surface area contributed by atoms with Crippen LogP contribution >= 0.6 is 11.3 Å². The zero-order valence-corrected chi connectivity index (χ0v) is 12.3. The lowest BCUT2D eigenvalue weighted by Gasteiger charge is -2.29. The molecular formula is C15H20N4S. The molecule has 1 unspecified atom stereocenters. The van der Waals surface area contributed by atoms with E-state index in [0.29, 0.717) is 11.9 Å². The third kappa shape index (κ3) is 2.85. The summed E-state index contributed by atoms with van der Waals surface area (Å²) in [6.45, 7) is 3.09. The lowest BCUT2D eigenvalue weighted by Crippen LogP contribution is -2.42. The number of likely N-dealkylation sites (tertiary alicyclic amines) is 1. The summed E-state index contributed by atoms with van der Waals surface area (Å²) in [6, 6.07) is 2.36. The Morgan fingerprint density at radius 1 is 1.50 bits per heavy atom. The lowest BCUT2D eigenvalue weighted by molar-refractivity contribution is 0.229. The molecule has 2 aromatic heterocycles. The molecule has 1 fully saturated rings. The summed E-state index contributed by atoms with van der Waals surface area (Å²) < 4.78 is 1.21. The fourth-order valence-corrected chi connectivity index (χ4v) is 3.60. The maximum atomic E-state index is 6.00. The van der Waals surface area contributed by atoms with Gasteiger partial charge in [0.25, 0.3) is 0 Å². The maximum Gasteiger partial charge on any atom is 0.132 e. The summed E-state index contributed by atoms with van der Waals surface area (Å²) in [6.07, 6.45) is 8.55. The SMILES string of the molecule is Nc1ncc(/C=C/CN2CCCC(N)C2)c2sccc12. The van der Waals surface area contributed by atoms with E-state index in [1.807, 2.05) is 12.3 Å². The van der Waals surface area contributed by atoms with E-state index in [4.69, 9.17) is 11.5 Å². The predicted molar refractivity (Wildman–Crippen MR) is 86.7 cm³/mol. The van der Waals surface area contributed by atoms with Gasteiger partial charge in [-0.25, -0.2) is 4.98 Å². The highest BCUT2D eigenvalue weighted by Gasteiger charge is 2.14. The van der Waals surface area contributed by atoms with Crippen molar-refractivity contribution in [2.75, 3.05) is 25.4 Å². The Morgan fingerprint density at radius 3 is 3.25 bits per heavy atom. The van der Waals surface area contributed by atoms with Gasteiger partial charge in [0, 0.05) is 41.0 Å². The minimum atomic E-state index is 0.333. The highest BCUT2D eigenvalue weighted by Crippen LogP contribution is 2.28. The van der Waals surface area contributed by atoms with Crippen molar-refractivity contribution in [3.8, 4) is 0 Å². The number of pyridine rings is 1. The fourth-order valence-electron chi connectivity index (χ4n) is 2.71. The number of anilines is 1. The average molecular weight is 288 g/mol. The van der Waals surface area contributed by atoms with Gasteiger partial charge in [-0.15, -0.1) is 11.3 Å². The molecule has 0 spiro atoms. The van der Waals surface area contributed by atoms with Crippen LogP contribution in [0, 0.1) is 0 Å². The molecule has 4 N–H and O–H groups in total. The van der Waals surface area contributed by atoms with E-state index in [1.165, 1.54) is 11.1 Å². The molecular weight excluding hydrogens is 268 g/mol. The highest BCUT2D eigenvalue weighted by molar-refractivity contribution is 7.17. The first-order valence-corrected chi connectivity index (χ1v) is 7.88. The van der Waals surface area contributed by atoms with E-state index in [1.54, 1.807) is 11.3 Å². The Kier molecular flexibility index (Phi) is 4.00. The van der Waals surface area contributed by atoms with Crippen LogP contribution in [0.15, 0.2) is 23.7 Å². The molecule has 2 aromatic rings. The number of thiophene rings is 1. The number of hydrogen-bond donors (Lipinski definition) is 2. The largest absolute Gasteiger partial charge is 0.383 e. The Balaban J connectivity index is 1.71. The molecule has 5 heteroatoms. The molecule has 1 aliphatic heterocycles. The molecule has 20 heavy (non-hydrogen) atoms. The molecule has 106 valence electrons. The van der Waals surface area contributed by atoms with Gasteiger partial charge in [-0.3, -0.25) is 4.90 Å². The Bertz CT molecular complexity index is 619. The summed E-state index contributed by atoms with van der Waals surface area (Å²) in [5, 5.41) is 3.11. The predicted octanol–water partition coefficient (Wildman–Crippen LogP) is 2.31. The topological polar surface area (TPSA) is 68.2 Å². The fraction of sp³-hybridized carbons (Fsp3) is 0.400. The number of fused-ring (bicyclic) bond motifs is 1. The average Bonchev–Trinajstić information content (AvgIpc) is 2.92. The van der Waals surface area contributed by atoms with Crippen molar-refractivity contribution in [2.24, 2.45) is 5.73 Å². The zero-order chi connectivity index (χ0) is 13.9. The molecule has 0 amide bonds.